The molecule has 0 heterocycles. The van der Waals surface area contributed by atoms with Gasteiger partial charge in [0.1, 0.15) is 0 Å². The molecule has 0 aliphatic heterocycles. The molecule has 0 unspecified atom stereocenters. The monoisotopic (exact) mass is 187 g/mol. The molecule has 0 aliphatic rings. The molecule has 0 amide bonds. The molecule has 0 saturated carbocycles. The minimum Gasteiger partial charge on any atom is -0.481 e. The standard InChI is InChI=1S/C10H21NO2/c1-5-8(6-2)11-10(3,4)7-9(12)13/h8,11H,5-7H2,1-4H3,(H,12,13). The van der Waals surface area contributed by atoms with Gasteiger partial charge in [0.25, 0.3) is 0 Å². The van der Waals surface area contributed by atoms with E-state index in [1.165, 1.54) is 0 Å². The number of carbonyl (C=O) groups is 1. The lowest BCUT2D eigenvalue weighted by molar-refractivity contribution is -0.138. The third-order valence-electron chi connectivity index (χ3n) is 2.17. The topological polar surface area (TPSA) is 49.3 Å². The molecule has 3 nitrogen and oxygen atoms in total. The van der Waals surface area contributed by atoms with Crippen molar-refractivity contribution >= 4 is 5.97 Å². The fourth-order valence-electron chi connectivity index (χ4n) is 1.47. The summed E-state index contributed by atoms with van der Waals surface area (Å²) in [5, 5.41) is 12.0. The van der Waals surface area contributed by atoms with E-state index in [9.17, 15) is 4.79 Å². The highest BCUT2D eigenvalue weighted by atomic mass is 16.4. The van der Waals surface area contributed by atoms with E-state index >= 15 is 0 Å². The van der Waals surface area contributed by atoms with Gasteiger partial charge in [-0.25, -0.2) is 0 Å². The van der Waals surface area contributed by atoms with Crippen LogP contribution in [0.5, 0.6) is 0 Å². The third kappa shape index (κ3) is 5.64. The smallest absolute Gasteiger partial charge is 0.305 e. The molecule has 0 radical (unpaired) electrons. The summed E-state index contributed by atoms with van der Waals surface area (Å²) in [6, 6.07) is 0.425. The molecular weight excluding hydrogens is 166 g/mol. The third-order valence-corrected chi connectivity index (χ3v) is 2.17. The fourth-order valence-corrected chi connectivity index (χ4v) is 1.47. The van der Waals surface area contributed by atoms with Gasteiger partial charge in [-0.1, -0.05) is 13.8 Å². The molecule has 0 spiro atoms. The Kier molecular flexibility index (Phi) is 4.99. The Morgan fingerprint density at radius 1 is 1.38 bits per heavy atom. The van der Waals surface area contributed by atoms with Crippen molar-refractivity contribution in [3.05, 3.63) is 0 Å². The van der Waals surface area contributed by atoms with Gasteiger partial charge in [0.2, 0.25) is 0 Å². The fraction of sp³-hybridized carbons (Fsp3) is 0.900. The van der Waals surface area contributed by atoms with E-state index in [0.29, 0.717) is 6.04 Å². The second kappa shape index (κ2) is 5.22. The van der Waals surface area contributed by atoms with Crippen molar-refractivity contribution in [3.8, 4) is 0 Å². The average Bonchev–Trinajstić information content (AvgIpc) is 1.97. The lowest BCUT2D eigenvalue weighted by Crippen LogP contribution is -2.46. The number of aliphatic carboxylic acids is 1. The zero-order chi connectivity index (χ0) is 10.5. The predicted octanol–water partition coefficient (Wildman–Crippen LogP) is 2.02. The lowest BCUT2D eigenvalue weighted by atomic mass is 9.98. The van der Waals surface area contributed by atoms with Crippen LogP contribution in [-0.2, 0) is 4.79 Å². The largest absolute Gasteiger partial charge is 0.481 e. The zero-order valence-corrected chi connectivity index (χ0v) is 9.05. The van der Waals surface area contributed by atoms with E-state index in [1.807, 2.05) is 13.8 Å². The molecule has 0 aromatic heterocycles. The molecule has 2 N–H and O–H groups in total. The van der Waals surface area contributed by atoms with E-state index in [-0.39, 0.29) is 12.0 Å². The van der Waals surface area contributed by atoms with E-state index < -0.39 is 5.97 Å². The number of nitrogens with one attached hydrogen (secondary N) is 1. The van der Waals surface area contributed by atoms with Gasteiger partial charge in [0.15, 0.2) is 0 Å². The van der Waals surface area contributed by atoms with Crippen LogP contribution in [0.15, 0.2) is 0 Å². The Balaban J connectivity index is 4.05. The highest BCUT2D eigenvalue weighted by molar-refractivity contribution is 5.68. The SMILES string of the molecule is CCC(CC)NC(C)(C)CC(=O)O. The molecule has 0 aromatic carbocycles. The Morgan fingerprint density at radius 2 is 1.85 bits per heavy atom. The van der Waals surface area contributed by atoms with Gasteiger partial charge in [0.05, 0.1) is 6.42 Å². The Bertz CT molecular complexity index is 162. The zero-order valence-electron chi connectivity index (χ0n) is 9.05. The Morgan fingerprint density at radius 3 is 2.15 bits per heavy atom. The summed E-state index contributed by atoms with van der Waals surface area (Å²) < 4.78 is 0. The maximum Gasteiger partial charge on any atom is 0.305 e. The number of rotatable bonds is 6. The molecule has 0 atom stereocenters. The Labute approximate surface area is 80.5 Å². The van der Waals surface area contributed by atoms with Gasteiger partial charge in [0, 0.05) is 11.6 Å². The Hall–Kier alpha value is -0.570. The van der Waals surface area contributed by atoms with Crippen LogP contribution < -0.4 is 5.32 Å². The summed E-state index contributed by atoms with van der Waals surface area (Å²) >= 11 is 0. The van der Waals surface area contributed by atoms with Crippen molar-refractivity contribution < 1.29 is 9.90 Å². The highest BCUT2D eigenvalue weighted by Crippen LogP contribution is 2.11. The van der Waals surface area contributed by atoms with Gasteiger partial charge in [-0.15, -0.1) is 0 Å². The van der Waals surface area contributed by atoms with Crippen molar-refractivity contribution in [2.45, 2.75) is 58.5 Å². The summed E-state index contributed by atoms with van der Waals surface area (Å²) in [6.07, 6.45) is 2.25. The normalized spacial score (nSPS) is 12.1. The molecule has 0 aromatic rings. The van der Waals surface area contributed by atoms with Crippen LogP contribution in [0.4, 0.5) is 0 Å². The van der Waals surface area contributed by atoms with Crippen LogP contribution in [0.3, 0.4) is 0 Å². The predicted molar refractivity (Wildman–Crippen MR) is 53.8 cm³/mol. The van der Waals surface area contributed by atoms with Crippen LogP contribution in [0.1, 0.15) is 47.0 Å². The van der Waals surface area contributed by atoms with Crippen LogP contribution in [0.2, 0.25) is 0 Å². The number of carboxylic acid groups (broad SMARTS) is 1. The first-order valence-electron chi connectivity index (χ1n) is 4.90. The first-order valence-corrected chi connectivity index (χ1v) is 4.90. The van der Waals surface area contributed by atoms with E-state index in [0.717, 1.165) is 12.8 Å². The van der Waals surface area contributed by atoms with Crippen LogP contribution in [0, 0.1) is 0 Å². The summed E-state index contributed by atoms with van der Waals surface area (Å²) in [5.41, 5.74) is -0.303. The molecule has 0 aliphatic carbocycles. The van der Waals surface area contributed by atoms with E-state index in [1.54, 1.807) is 0 Å². The maximum atomic E-state index is 10.5. The molecule has 0 rings (SSSR count). The van der Waals surface area contributed by atoms with E-state index in [4.69, 9.17) is 5.11 Å². The van der Waals surface area contributed by atoms with Crippen molar-refractivity contribution in [2.75, 3.05) is 0 Å². The van der Waals surface area contributed by atoms with Crippen LogP contribution in [-0.4, -0.2) is 22.7 Å². The highest BCUT2D eigenvalue weighted by Gasteiger charge is 2.23. The van der Waals surface area contributed by atoms with Crippen molar-refractivity contribution in [3.63, 3.8) is 0 Å². The van der Waals surface area contributed by atoms with Gasteiger partial charge in [-0.3, -0.25) is 4.79 Å². The quantitative estimate of drug-likeness (QED) is 0.668. The second-order valence-electron chi connectivity index (χ2n) is 4.11. The number of hydrogen-bond donors (Lipinski definition) is 2. The number of carboxylic acids is 1. The first-order chi connectivity index (χ1) is 5.91. The van der Waals surface area contributed by atoms with Crippen LogP contribution in [0.25, 0.3) is 0 Å². The van der Waals surface area contributed by atoms with Crippen molar-refractivity contribution in [1.29, 1.82) is 0 Å². The van der Waals surface area contributed by atoms with E-state index in [2.05, 4.69) is 19.2 Å². The minimum absolute atomic E-state index is 0.170. The molecule has 78 valence electrons. The first kappa shape index (κ1) is 12.4. The number of hydrogen-bond acceptors (Lipinski definition) is 2. The van der Waals surface area contributed by atoms with Gasteiger partial charge in [-0.05, 0) is 26.7 Å². The molecule has 0 bridgehead atoms. The molecule has 0 saturated heterocycles. The molecule has 13 heavy (non-hydrogen) atoms. The minimum atomic E-state index is -0.747. The molecular formula is C10H21NO2. The summed E-state index contributed by atoms with van der Waals surface area (Å²) in [7, 11) is 0. The summed E-state index contributed by atoms with van der Waals surface area (Å²) in [4.78, 5) is 10.5. The van der Waals surface area contributed by atoms with Gasteiger partial charge in [-0.2, -0.15) is 0 Å². The van der Waals surface area contributed by atoms with Crippen molar-refractivity contribution in [1.82, 2.24) is 5.32 Å². The van der Waals surface area contributed by atoms with Crippen LogP contribution >= 0.6 is 0 Å². The maximum absolute atomic E-state index is 10.5. The molecule has 3 heteroatoms. The average molecular weight is 187 g/mol. The summed E-state index contributed by atoms with van der Waals surface area (Å²) in [5.74, 6) is -0.747. The van der Waals surface area contributed by atoms with Gasteiger partial charge < -0.3 is 10.4 Å². The molecule has 0 fully saturated rings. The summed E-state index contributed by atoms with van der Waals surface area (Å²) in [6.45, 7) is 8.08. The second-order valence-corrected chi connectivity index (χ2v) is 4.11. The van der Waals surface area contributed by atoms with Crippen molar-refractivity contribution in [2.24, 2.45) is 0 Å². The lowest BCUT2D eigenvalue weighted by Gasteiger charge is -2.29. The van der Waals surface area contributed by atoms with Gasteiger partial charge >= 0.3 is 5.97 Å².